The quantitative estimate of drug-likeness (QED) is 0.397. The number of rotatable bonds is 6. The van der Waals surface area contributed by atoms with E-state index in [9.17, 15) is 32.3 Å². The summed E-state index contributed by atoms with van der Waals surface area (Å²) >= 11 is -1.12. The molecule has 0 radical (unpaired) electrons. The summed E-state index contributed by atoms with van der Waals surface area (Å²) in [7, 11) is 0. The van der Waals surface area contributed by atoms with Crippen molar-refractivity contribution in [2.45, 2.75) is 43.1 Å². The fourth-order valence-corrected chi connectivity index (χ4v) is 7.23. The summed E-state index contributed by atoms with van der Waals surface area (Å²) in [6.07, 6.45) is -2.63. The van der Waals surface area contributed by atoms with Gasteiger partial charge in [-0.25, -0.2) is 0 Å². The van der Waals surface area contributed by atoms with Crippen molar-refractivity contribution in [3.8, 4) is 0 Å². The molecule has 0 amide bonds. The Labute approximate surface area is 187 Å². The molecule has 2 atom stereocenters. The molecule has 0 bridgehead atoms. The number of aromatic nitrogens is 1. The minimum atomic E-state index is -4.45. The zero-order chi connectivity index (χ0) is 23.0. The van der Waals surface area contributed by atoms with Gasteiger partial charge >= 0.3 is 188 Å². The van der Waals surface area contributed by atoms with Crippen molar-refractivity contribution in [2.75, 3.05) is 0 Å². The Hall–Kier alpha value is -2.60. The van der Waals surface area contributed by atoms with Crippen molar-refractivity contribution in [1.82, 2.24) is 4.57 Å². The predicted octanol–water partition coefficient (Wildman–Crippen LogP) is 4.37. The second-order valence-electron chi connectivity index (χ2n) is 7.95. The van der Waals surface area contributed by atoms with Crippen molar-refractivity contribution in [3.05, 3.63) is 70.7 Å². The maximum absolute atomic E-state index is 13.9. The van der Waals surface area contributed by atoms with Crippen LogP contribution in [0.2, 0.25) is 4.71 Å². The number of carbonyl (C=O) groups is 2. The van der Waals surface area contributed by atoms with Gasteiger partial charge in [0.15, 0.2) is 0 Å². The van der Waals surface area contributed by atoms with E-state index in [0.29, 0.717) is 35.7 Å². The molecule has 1 heterocycles. The molecule has 4 rings (SSSR count). The Kier molecular flexibility index (Phi) is 6.17. The second kappa shape index (κ2) is 8.74. The molecule has 0 aliphatic heterocycles. The zero-order valence-electron chi connectivity index (χ0n) is 16.9. The van der Waals surface area contributed by atoms with E-state index in [0.717, 1.165) is 23.4 Å². The average molecular weight is 509 g/mol. The van der Waals surface area contributed by atoms with E-state index in [2.05, 4.69) is 0 Å². The summed E-state index contributed by atoms with van der Waals surface area (Å²) in [4.78, 5) is 24.0. The first-order valence-corrected chi connectivity index (χ1v) is 12.3. The summed E-state index contributed by atoms with van der Waals surface area (Å²) in [6, 6.07) is 9.13. The molecule has 1 unspecified atom stereocenters. The number of hydrogen-bond donors (Lipinski definition) is 1. The number of alkyl halides is 3. The summed E-state index contributed by atoms with van der Waals surface area (Å²) in [5, 5.41) is 9.95. The van der Waals surface area contributed by atoms with Gasteiger partial charge < -0.3 is 0 Å². The first kappa shape index (κ1) is 22.6. The van der Waals surface area contributed by atoms with E-state index in [1.807, 2.05) is 0 Å². The van der Waals surface area contributed by atoms with E-state index in [1.54, 1.807) is 10.6 Å². The topological polar surface area (TPSA) is 59.3 Å². The third-order valence-corrected chi connectivity index (χ3v) is 8.64. The Morgan fingerprint density at radius 1 is 1.16 bits per heavy atom. The van der Waals surface area contributed by atoms with Gasteiger partial charge in [0.05, 0.1) is 0 Å². The molecule has 168 valence electrons. The van der Waals surface area contributed by atoms with E-state index in [-0.39, 0.29) is 22.2 Å². The molecule has 4 nitrogen and oxygen atoms in total. The van der Waals surface area contributed by atoms with Gasteiger partial charge in [-0.2, -0.15) is 0 Å². The number of carboxylic acid groups (broad SMARTS) is 1. The van der Waals surface area contributed by atoms with Gasteiger partial charge in [-0.05, 0) is 0 Å². The number of hydrogen-bond acceptors (Lipinski definition) is 2. The van der Waals surface area contributed by atoms with Crippen LogP contribution in [0.3, 0.4) is 0 Å². The SMILES string of the molecule is O=C(O)Cn1c2c(c3cc(F)ccc31)C[C@@H]([AsH]C(=O)Cc1cccc(C(F)(F)F)c1)CC2. The summed E-state index contributed by atoms with van der Waals surface area (Å²) in [5.41, 5.74) is 1.99. The molecule has 1 aliphatic carbocycles. The molecule has 0 spiro atoms. The molecule has 1 aliphatic rings. The monoisotopic (exact) mass is 509 g/mol. The number of benzene rings is 2. The van der Waals surface area contributed by atoms with Crippen molar-refractivity contribution >= 4 is 37.2 Å². The van der Waals surface area contributed by atoms with Crippen molar-refractivity contribution in [1.29, 1.82) is 0 Å². The van der Waals surface area contributed by atoms with Crippen LogP contribution in [0.15, 0.2) is 42.5 Å². The van der Waals surface area contributed by atoms with Gasteiger partial charge in [-0.15, -0.1) is 0 Å². The number of nitrogens with zero attached hydrogens (tertiary/aromatic N) is 1. The molecule has 0 fully saturated rings. The predicted molar refractivity (Wildman–Crippen MR) is 113 cm³/mol. The molecule has 0 saturated heterocycles. The van der Waals surface area contributed by atoms with Crippen LogP contribution in [-0.2, 0) is 41.6 Å². The van der Waals surface area contributed by atoms with Crippen LogP contribution in [-0.4, -0.2) is 36.0 Å². The van der Waals surface area contributed by atoms with Gasteiger partial charge in [0, 0.05) is 0 Å². The molecule has 1 aromatic heterocycles. The maximum atomic E-state index is 13.9. The molecule has 2 aromatic carbocycles. The van der Waals surface area contributed by atoms with Crippen LogP contribution in [0.4, 0.5) is 17.6 Å². The number of carboxylic acids is 1. The van der Waals surface area contributed by atoms with Gasteiger partial charge in [-0.1, -0.05) is 0 Å². The molecule has 0 saturated carbocycles. The number of aliphatic carboxylic acids is 1. The zero-order valence-corrected chi connectivity index (χ0v) is 19.0. The Morgan fingerprint density at radius 2 is 1.94 bits per heavy atom. The summed E-state index contributed by atoms with van der Waals surface area (Å²) < 4.78 is 54.4. The average Bonchev–Trinajstić information content (AvgIpc) is 2.99. The Bertz CT molecular complexity index is 1200. The van der Waals surface area contributed by atoms with Crippen LogP contribution in [0.5, 0.6) is 0 Å². The third kappa shape index (κ3) is 4.75. The first-order valence-electron chi connectivity index (χ1n) is 10.1. The van der Waals surface area contributed by atoms with Crippen LogP contribution in [0, 0.1) is 5.82 Å². The molecular weight excluding hydrogens is 489 g/mol. The molecule has 32 heavy (non-hydrogen) atoms. The molecule has 9 heteroatoms. The van der Waals surface area contributed by atoms with Crippen LogP contribution in [0.25, 0.3) is 10.9 Å². The molecular formula is C23H20AsF4NO3. The van der Waals surface area contributed by atoms with E-state index in [1.165, 1.54) is 24.3 Å². The number of fused-ring (bicyclic) bond motifs is 3. The van der Waals surface area contributed by atoms with Crippen LogP contribution >= 0.6 is 0 Å². The first-order chi connectivity index (χ1) is 15.1. The van der Waals surface area contributed by atoms with Gasteiger partial charge in [0.1, 0.15) is 0 Å². The summed E-state index contributed by atoms with van der Waals surface area (Å²) in [5.74, 6) is -1.40. The number of carbonyl (C=O) groups excluding carboxylic acids is 1. The fraction of sp³-hybridized carbons (Fsp3) is 0.304. The van der Waals surface area contributed by atoms with Gasteiger partial charge in [0.2, 0.25) is 0 Å². The van der Waals surface area contributed by atoms with Crippen molar-refractivity contribution in [2.24, 2.45) is 0 Å². The van der Waals surface area contributed by atoms with Crippen molar-refractivity contribution in [3.63, 3.8) is 0 Å². The number of halogens is 4. The van der Waals surface area contributed by atoms with Gasteiger partial charge in [0.25, 0.3) is 0 Å². The van der Waals surface area contributed by atoms with E-state index < -0.39 is 39.3 Å². The summed E-state index contributed by atoms with van der Waals surface area (Å²) in [6.45, 7) is -0.215. The molecule has 3 aromatic rings. The fourth-order valence-electron chi connectivity index (χ4n) is 4.38. The van der Waals surface area contributed by atoms with Gasteiger partial charge in [-0.3, -0.25) is 0 Å². The van der Waals surface area contributed by atoms with E-state index >= 15 is 0 Å². The van der Waals surface area contributed by atoms with E-state index in [4.69, 9.17) is 0 Å². The normalized spacial score (nSPS) is 16.6. The molecule has 1 N–H and O–H groups in total. The standard InChI is InChI=1S/C23H20AsF4NO3/c25-16-5-7-20-18(11-16)17-10-15(4-6-19(17)29(20)12-22(31)32)24-21(30)9-13-2-1-3-14(8-13)23(26,27)28/h1-3,5,7-8,11,15,24H,4,6,9-10,12H2,(H,31,32)/t15-/m0/s1. The third-order valence-electron chi connectivity index (χ3n) is 5.71. The Morgan fingerprint density at radius 3 is 2.66 bits per heavy atom. The Balaban J connectivity index is 1.52. The second-order valence-corrected chi connectivity index (χ2v) is 11.4. The van der Waals surface area contributed by atoms with Crippen molar-refractivity contribution < 1.29 is 32.3 Å². The van der Waals surface area contributed by atoms with Crippen LogP contribution in [0.1, 0.15) is 28.8 Å². The van der Waals surface area contributed by atoms with Crippen LogP contribution < -0.4 is 0 Å². The minimum absolute atomic E-state index is 0.0251.